The number of hydrogen-bond acceptors (Lipinski definition) is 5. The third-order valence-electron chi connectivity index (χ3n) is 3.49. The summed E-state index contributed by atoms with van der Waals surface area (Å²) in [6.07, 6.45) is -4.76. The Morgan fingerprint density at radius 2 is 1.73 bits per heavy atom. The number of nitrogens with zero attached hydrogens (tertiary/aromatic N) is 3. The van der Waals surface area contributed by atoms with Gasteiger partial charge in [-0.1, -0.05) is 30.3 Å². The van der Waals surface area contributed by atoms with Gasteiger partial charge < -0.3 is 10.3 Å². The number of benzene rings is 2. The topological polar surface area (TPSA) is 77.0 Å². The predicted molar refractivity (Wildman–Crippen MR) is 92.5 cm³/mol. The molecule has 5 nitrogen and oxygen atoms in total. The Morgan fingerprint density at radius 3 is 2.27 bits per heavy atom. The Hall–Kier alpha value is -2.59. The van der Waals surface area contributed by atoms with Crippen LogP contribution < -0.4 is 5.73 Å². The lowest BCUT2D eigenvalue weighted by Crippen LogP contribution is -2.09. The molecule has 138 valence electrons. The van der Waals surface area contributed by atoms with Gasteiger partial charge in [0.05, 0.1) is 0 Å². The number of nitrogens with two attached hydrogens (primary N) is 1. The molecule has 10 heteroatoms. The van der Waals surface area contributed by atoms with Gasteiger partial charge >= 0.3 is 6.18 Å². The van der Waals surface area contributed by atoms with Gasteiger partial charge in [-0.2, -0.15) is 22.8 Å². The van der Waals surface area contributed by atoms with E-state index in [-0.39, 0.29) is 5.69 Å². The van der Waals surface area contributed by atoms with E-state index < -0.39 is 23.8 Å². The fourth-order valence-electron chi connectivity index (χ4n) is 2.37. The number of alkyl halides is 3. The van der Waals surface area contributed by atoms with Crippen molar-refractivity contribution >= 4 is 18.9 Å². The molecule has 0 amide bonds. The average molecular weight is 386 g/mol. The molecule has 0 saturated carbocycles. The van der Waals surface area contributed by atoms with Gasteiger partial charge in [0.1, 0.15) is 11.5 Å². The van der Waals surface area contributed by atoms with Crippen LogP contribution >= 0.6 is 12.9 Å². The Labute approximate surface area is 151 Å². The molecule has 0 bridgehead atoms. The summed E-state index contributed by atoms with van der Waals surface area (Å²) >= 11 is 2.53. The molecule has 3 aromatic rings. The minimum absolute atomic E-state index is 0.194. The number of hydrogen-bond donors (Lipinski definition) is 3. The summed E-state index contributed by atoms with van der Waals surface area (Å²) in [4.78, 5) is 3.16. The molecule has 0 spiro atoms. The zero-order chi connectivity index (χ0) is 19.5. The van der Waals surface area contributed by atoms with E-state index in [4.69, 9.17) is 10.3 Å². The van der Waals surface area contributed by atoms with Gasteiger partial charge in [0.15, 0.2) is 0 Å². The van der Waals surface area contributed by atoms with Crippen molar-refractivity contribution in [2.24, 2.45) is 0 Å². The van der Waals surface area contributed by atoms with Crippen LogP contribution in [0.5, 0.6) is 0 Å². The van der Waals surface area contributed by atoms with E-state index in [1.807, 2.05) is 30.3 Å². The Morgan fingerprint density at radius 1 is 1.12 bits per heavy atom. The van der Waals surface area contributed by atoms with Gasteiger partial charge in [-0.25, -0.2) is 4.39 Å². The summed E-state index contributed by atoms with van der Waals surface area (Å²) in [6.45, 7) is 1.71. The van der Waals surface area contributed by atoms with Crippen LogP contribution in [-0.4, -0.2) is 19.3 Å². The number of rotatable bonds is 2. The van der Waals surface area contributed by atoms with Crippen molar-refractivity contribution in [1.82, 2.24) is 14.8 Å². The summed E-state index contributed by atoms with van der Waals surface area (Å²) < 4.78 is 59.8. The van der Waals surface area contributed by atoms with Crippen molar-refractivity contribution in [2.75, 3.05) is 5.73 Å². The van der Waals surface area contributed by atoms with Crippen LogP contribution in [0.3, 0.4) is 0 Å². The van der Waals surface area contributed by atoms with Crippen LogP contribution in [0.25, 0.3) is 16.8 Å². The van der Waals surface area contributed by atoms with E-state index in [0.29, 0.717) is 15.8 Å². The normalized spacial score (nSPS) is 11.0. The molecule has 1 heterocycles. The Balaban J connectivity index is 0.00000117. The maximum atomic E-state index is 14.3. The van der Waals surface area contributed by atoms with Crippen LogP contribution in [-0.2, 0) is 6.18 Å². The zero-order valence-electron chi connectivity index (χ0n) is 13.4. The van der Waals surface area contributed by atoms with Gasteiger partial charge in [0, 0.05) is 0 Å². The van der Waals surface area contributed by atoms with Crippen molar-refractivity contribution in [1.29, 1.82) is 0 Å². The summed E-state index contributed by atoms with van der Waals surface area (Å²) in [7, 11) is 0. The molecule has 0 aliphatic rings. The highest BCUT2D eigenvalue weighted by atomic mass is 32.1. The highest BCUT2D eigenvalue weighted by Gasteiger charge is 2.37. The second-order valence-electron chi connectivity index (χ2n) is 5.19. The maximum Gasteiger partial charge on any atom is 0.453 e. The average Bonchev–Trinajstić information content (AvgIpc) is 3.00. The standard InChI is InChI=1S/C16H12F4N4.H2OS/c1-9-7-12(17)13(8-11(9)10-5-3-2-4-6-10)24-15(21)22-14(23-24)16(18,19)20;1-2/h2-8H,1H3,(H2,21,22,23);1-2H. The molecular formula is C16H14F4N4OS. The number of thiol groups is 1. The summed E-state index contributed by atoms with van der Waals surface area (Å²) in [5, 5.41) is 3.29. The SMILES string of the molecule is Cc1cc(F)c(-n2nc(C(F)(F)F)nc2N)cc1-c1ccccc1.OS. The minimum Gasteiger partial charge on any atom is -0.368 e. The maximum absolute atomic E-state index is 14.3. The second kappa shape index (κ2) is 7.75. The third-order valence-corrected chi connectivity index (χ3v) is 3.49. The van der Waals surface area contributed by atoms with E-state index >= 15 is 0 Å². The largest absolute Gasteiger partial charge is 0.453 e. The first-order valence-electron chi connectivity index (χ1n) is 7.13. The van der Waals surface area contributed by atoms with Crippen LogP contribution in [0.15, 0.2) is 42.5 Å². The number of nitrogen functional groups attached to an aromatic ring is 1. The lowest BCUT2D eigenvalue weighted by Gasteiger charge is -2.11. The number of aryl methyl sites for hydroxylation is 1. The lowest BCUT2D eigenvalue weighted by molar-refractivity contribution is -0.144. The zero-order valence-corrected chi connectivity index (χ0v) is 14.3. The highest BCUT2D eigenvalue weighted by molar-refractivity contribution is 7.74. The van der Waals surface area contributed by atoms with Gasteiger partial charge in [-0.15, -0.1) is 5.10 Å². The first kappa shape index (κ1) is 19.7. The molecular weight excluding hydrogens is 372 g/mol. The monoisotopic (exact) mass is 386 g/mol. The molecule has 0 aliphatic carbocycles. The molecule has 0 unspecified atom stereocenters. The van der Waals surface area contributed by atoms with Gasteiger partial charge in [0.25, 0.3) is 5.82 Å². The van der Waals surface area contributed by atoms with Crippen LogP contribution in [0.1, 0.15) is 11.4 Å². The number of halogens is 4. The van der Waals surface area contributed by atoms with E-state index in [1.54, 1.807) is 6.92 Å². The molecule has 0 fully saturated rings. The van der Waals surface area contributed by atoms with Gasteiger partial charge in [-0.3, -0.25) is 0 Å². The van der Waals surface area contributed by atoms with Gasteiger partial charge in [0.2, 0.25) is 5.95 Å². The summed E-state index contributed by atoms with van der Waals surface area (Å²) in [5.74, 6) is -2.69. The van der Waals surface area contributed by atoms with E-state index in [1.165, 1.54) is 12.1 Å². The molecule has 3 N–H and O–H groups in total. The Kier molecular flexibility index (Phi) is 5.88. The summed E-state index contributed by atoms with van der Waals surface area (Å²) in [6, 6.07) is 11.7. The number of aromatic nitrogens is 3. The van der Waals surface area contributed by atoms with Crippen LogP contribution in [0, 0.1) is 12.7 Å². The summed E-state index contributed by atoms with van der Waals surface area (Å²) in [5.41, 5.74) is 7.39. The van der Waals surface area contributed by atoms with Crippen LogP contribution in [0.2, 0.25) is 0 Å². The third kappa shape index (κ3) is 3.97. The number of anilines is 1. The van der Waals surface area contributed by atoms with Crippen molar-refractivity contribution in [3.05, 3.63) is 59.7 Å². The smallest absolute Gasteiger partial charge is 0.368 e. The minimum atomic E-state index is -4.76. The van der Waals surface area contributed by atoms with E-state index in [9.17, 15) is 17.6 Å². The molecule has 1 aromatic heterocycles. The van der Waals surface area contributed by atoms with Crippen LogP contribution in [0.4, 0.5) is 23.5 Å². The van der Waals surface area contributed by atoms with Crippen molar-refractivity contribution in [3.8, 4) is 16.8 Å². The fraction of sp³-hybridized carbons (Fsp3) is 0.125. The van der Waals surface area contributed by atoms with E-state index in [0.717, 1.165) is 5.56 Å². The molecule has 26 heavy (non-hydrogen) atoms. The Bertz CT molecular complexity index is 897. The van der Waals surface area contributed by atoms with Crippen molar-refractivity contribution < 1.29 is 22.1 Å². The van der Waals surface area contributed by atoms with E-state index in [2.05, 4.69) is 23.0 Å². The molecule has 2 aromatic carbocycles. The first-order valence-corrected chi connectivity index (χ1v) is 7.53. The molecule has 0 atom stereocenters. The lowest BCUT2D eigenvalue weighted by atomic mass is 9.99. The highest BCUT2D eigenvalue weighted by Crippen LogP contribution is 2.31. The van der Waals surface area contributed by atoms with Gasteiger partial charge in [-0.05, 0) is 48.7 Å². The quantitative estimate of drug-likeness (QED) is 0.347. The molecule has 0 radical (unpaired) electrons. The van der Waals surface area contributed by atoms with Crippen molar-refractivity contribution in [3.63, 3.8) is 0 Å². The molecule has 0 aliphatic heterocycles. The molecule has 3 rings (SSSR count). The predicted octanol–water partition coefficient (Wildman–Crippen LogP) is 4.37. The first-order chi connectivity index (χ1) is 12.3. The molecule has 0 saturated heterocycles. The second-order valence-corrected chi connectivity index (χ2v) is 5.19. The fourth-order valence-corrected chi connectivity index (χ4v) is 2.37. The van der Waals surface area contributed by atoms with Crippen molar-refractivity contribution in [2.45, 2.75) is 13.1 Å².